The first-order valence-electron chi connectivity index (χ1n) is 4.99. The minimum Gasteiger partial charge on any atom is -0.325 e. The van der Waals surface area contributed by atoms with Crippen LogP contribution < -0.4 is 0 Å². The minimum atomic E-state index is -0.420. The molecule has 0 saturated heterocycles. The molecule has 3 heteroatoms. The molecule has 15 heavy (non-hydrogen) atoms. The molecule has 1 aliphatic heterocycles. The maximum Gasteiger partial charge on any atom is 0.265 e. The fourth-order valence-corrected chi connectivity index (χ4v) is 2.71. The number of allylic oxidation sites excluding steroid dienone is 2. The van der Waals surface area contributed by atoms with Crippen LogP contribution in [0.1, 0.15) is 6.42 Å². The van der Waals surface area contributed by atoms with Crippen molar-refractivity contribution in [1.29, 1.82) is 5.26 Å². The topological polar surface area (TPSA) is 44.1 Å². The normalized spacial score (nSPS) is 36.1. The highest BCUT2D eigenvalue weighted by Gasteiger charge is 2.50. The van der Waals surface area contributed by atoms with Gasteiger partial charge in [-0.15, -0.1) is 0 Å². The highest BCUT2D eigenvalue weighted by Crippen LogP contribution is 2.47. The number of hydrogen-bond donors (Lipinski definition) is 0. The molecule has 4 rings (SSSR count). The van der Waals surface area contributed by atoms with Crippen molar-refractivity contribution in [3.8, 4) is 6.07 Å². The summed E-state index contributed by atoms with van der Waals surface area (Å²) in [5, 5.41) is 9.01. The lowest BCUT2D eigenvalue weighted by Gasteiger charge is -2.40. The molecule has 74 valence electrons. The molecule has 4 aliphatic rings. The van der Waals surface area contributed by atoms with Gasteiger partial charge in [0, 0.05) is 7.05 Å². The van der Waals surface area contributed by atoms with E-state index < -0.39 is 5.54 Å². The molecular formula is C12H10N2O. The SMILES string of the molecule is CN1C(=O)C(C#N)=C2CC3C=CC21C=C3. The van der Waals surface area contributed by atoms with Crippen LogP contribution in [0.2, 0.25) is 0 Å². The van der Waals surface area contributed by atoms with Gasteiger partial charge in [-0.25, -0.2) is 0 Å². The quantitative estimate of drug-likeness (QED) is 0.548. The molecule has 3 aliphatic carbocycles. The van der Waals surface area contributed by atoms with Crippen molar-refractivity contribution < 1.29 is 4.79 Å². The number of likely N-dealkylation sites (N-methyl/N-ethyl adjacent to an activating group) is 1. The molecule has 0 atom stereocenters. The van der Waals surface area contributed by atoms with Crippen LogP contribution in [0, 0.1) is 17.2 Å². The van der Waals surface area contributed by atoms with Gasteiger partial charge < -0.3 is 4.90 Å². The molecule has 3 nitrogen and oxygen atoms in total. The van der Waals surface area contributed by atoms with Gasteiger partial charge in [0.1, 0.15) is 17.2 Å². The molecule has 0 radical (unpaired) electrons. The lowest BCUT2D eigenvalue weighted by Crippen LogP contribution is -2.46. The summed E-state index contributed by atoms with van der Waals surface area (Å²) >= 11 is 0. The molecule has 0 aromatic carbocycles. The zero-order chi connectivity index (χ0) is 10.6. The smallest absolute Gasteiger partial charge is 0.265 e. The average molecular weight is 198 g/mol. The summed E-state index contributed by atoms with van der Waals surface area (Å²) in [4.78, 5) is 13.5. The van der Waals surface area contributed by atoms with E-state index in [0.29, 0.717) is 11.5 Å². The number of hydrogen-bond acceptors (Lipinski definition) is 2. The standard InChI is InChI=1S/C12H10N2O/c1-14-11(15)9(7-13)10-6-8-2-4-12(10,14)5-3-8/h2-5,8H,6H2,1H3. The number of carbonyl (C=O) groups is 1. The Morgan fingerprint density at radius 1 is 1.53 bits per heavy atom. The summed E-state index contributed by atoms with van der Waals surface area (Å²) in [5.74, 6) is 0.217. The zero-order valence-electron chi connectivity index (χ0n) is 8.40. The molecule has 2 bridgehead atoms. The number of nitriles is 1. The monoisotopic (exact) mass is 198 g/mol. The molecule has 0 unspecified atom stereocenters. The lowest BCUT2D eigenvalue weighted by molar-refractivity contribution is -0.126. The van der Waals surface area contributed by atoms with Crippen LogP contribution in [0.25, 0.3) is 0 Å². The van der Waals surface area contributed by atoms with E-state index in [0.717, 1.165) is 12.0 Å². The number of amides is 1. The summed E-state index contributed by atoms with van der Waals surface area (Å²) in [6, 6.07) is 2.04. The Balaban J connectivity index is 2.30. The predicted octanol–water partition coefficient (Wildman–Crippen LogP) is 1.16. The van der Waals surface area contributed by atoms with E-state index in [2.05, 4.69) is 12.2 Å². The Kier molecular flexibility index (Phi) is 1.36. The highest BCUT2D eigenvalue weighted by molar-refractivity contribution is 6.03. The van der Waals surface area contributed by atoms with Crippen molar-refractivity contribution in [1.82, 2.24) is 4.90 Å². The van der Waals surface area contributed by atoms with Gasteiger partial charge in [0.05, 0.1) is 0 Å². The number of nitrogens with zero attached hydrogens (tertiary/aromatic N) is 2. The summed E-state index contributed by atoms with van der Waals surface area (Å²) < 4.78 is 0. The third-order valence-corrected chi connectivity index (χ3v) is 3.61. The maximum atomic E-state index is 11.9. The van der Waals surface area contributed by atoms with E-state index in [1.165, 1.54) is 0 Å². The van der Waals surface area contributed by atoms with E-state index in [9.17, 15) is 4.79 Å². The van der Waals surface area contributed by atoms with Gasteiger partial charge in [-0.05, 0) is 17.9 Å². The van der Waals surface area contributed by atoms with Crippen molar-refractivity contribution in [2.24, 2.45) is 5.92 Å². The van der Waals surface area contributed by atoms with Crippen LogP contribution in [-0.4, -0.2) is 23.4 Å². The van der Waals surface area contributed by atoms with Gasteiger partial charge in [0.25, 0.3) is 5.91 Å². The second kappa shape index (κ2) is 2.40. The molecule has 1 amide bonds. The molecule has 1 spiro atoms. The van der Waals surface area contributed by atoms with E-state index in [1.54, 1.807) is 11.9 Å². The molecule has 0 aromatic heterocycles. The number of carbonyl (C=O) groups excluding carboxylic acids is 1. The third-order valence-electron chi connectivity index (χ3n) is 3.61. The molecular weight excluding hydrogens is 188 g/mol. The van der Waals surface area contributed by atoms with Crippen molar-refractivity contribution in [2.45, 2.75) is 12.0 Å². The molecule has 1 heterocycles. The van der Waals surface area contributed by atoms with Crippen LogP contribution >= 0.6 is 0 Å². The van der Waals surface area contributed by atoms with Gasteiger partial charge in [0.15, 0.2) is 0 Å². The van der Waals surface area contributed by atoms with Gasteiger partial charge in [-0.2, -0.15) is 5.26 Å². The van der Waals surface area contributed by atoms with Gasteiger partial charge in [0.2, 0.25) is 0 Å². The Labute approximate surface area is 88.0 Å². The van der Waals surface area contributed by atoms with Crippen LogP contribution in [0.5, 0.6) is 0 Å². The van der Waals surface area contributed by atoms with Crippen LogP contribution in [0.3, 0.4) is 0 Å². The minimum absolute atomic E-state index is 0.149. The van der Waals surface area contributed by atoms with Gasteiger partial charge in [-0.3, -0.25) is 4.79 Å². The third kappa shape index (κ3) is 0.782. The van der Waals surface area contributed by atoms with E-state index >= 15 is 0 Å². The Morgan fingerprint density at radius 3 is 2.80 bits per heavy atom. The maximum absolute atomic E-state index is 11.9. The lowest BCUT2D eigenvalue weighted by atomic mass is 9.72. The van der Waals surface area contributed by atoms with Crippen LogP contribution in [0.4, 0.5) is 0 Å². The van der Waals surface area contributed by atoms with Crippen molar-refractivity contribution >= 4 is 5.91 Å². The molecule has 0 fully saturated rings. The largest absolute Gasteiger partial charge is 0.325 e. The zero-order valence-corrected chi connectivity index (χ0v) is 8.40. The summed E-state index contributed by atoms with van der Waals surface area (Å²) in [6.07, 6.45) is 9.13. The Hall–Kier alpha value is -1.82. The molecule has 0 N–H and O–H groups in total. The fraction of sp³-hybridized carbons (Fsp3) is 0.333. The summed E-state index contributed by atoms with van der Waals surface area (Å²) in [6.45, 7) is 0. The van der Waals surface area contributed by atoms with Crippen molar-refractivity contribution in [3.63, 3.8) is 0 Å². The van der Waals surface area contributed by atoms with E-state index in [4.69, 9.17) is 5.26 Å². The van der Waals surface area contributed by atoms with Gasteiger partial charge >= 0.3 is 0 Å². The Morgan fingerprint density at radius 2 is 2.20 bits per heavy atom. The first-order valence-corrected chi connectivity index (χ1v) is 4.99. The summed E-state index contributed by atoms with van der Waals surface area (Å²) in [5.41, 5.74) is 0.903. The summed E-state index contributed by atoms with van der Waals surface area (Å²) in [7, 11) is 1.76. The average Bonchev–Trinajstić information content (AvgIpc) is 2.50. The number of rotatable bonds is 0. The van der Waals surface area contributed by atoms with Crippen LogP contribution in [0.15, 0.2) is 35.5 Å². The van der Waals surface area contributed by atoms with E-state index in [-0.39, 0.29) is 5.91 Å². The fourth-order valence-electron chi connectivity index (χ4n) is 2.71. The molecule has 0 saturated carbocycles. The van der Waals surface area contributed by atoms with Gasteiger partial charge in [-0.1, -0.05) is 24.3 Å². The van der Waals surface area contributed by atoms with Crippen molar-refractivity contribution in [3.05, 3.63) is 35.5 Å². The first-order chi connectivity index (χ1) is 7.19. The second-order valence-corrected chi connectivity index (χ2v) is 4.24. The molecule has 0 aromatic rings. The van der Waals surface area contributed by atoms with E-state index in [1.807, 2.05) is 18.2 Å². The van der Waals surface area contributed by atoms with Crippen LogP contribution in [-0.2, 0) is 4.79 Å². The second-order valence-electron chi connectivity index (χ2n) is 4.24. The highest BCUT2D eigenvalue weighted by atomic mass is 16.2. The van der Waals surface area contributed by atoms with Crippen molar-refractivity contribution in [2.75, 3.05) is 7.05 Å². The first kappa shape index (κ1) is 8.49. The Bertz CT molecular complexity index is 476. The predicted molar refractivity (Wildman–Crippen MR) is 54.5 cm³/mol.